The Hall–Kier alpha value is 0.110. The highest BCUT2D eigenvalue weighted by atomic mass is 35.5. The third kappa shape index (κ3) is 4.64. The van der Waals surface area contributed by atoms with Gasteiger partial charge in [0.1, 0.15) is 0 Å². The molecular weight excluding hydrogens is 251 g/mol. The van der Waals surface area contributed by atoms with Crippen molar-refractivity contribution in [3.63, 3.8) is 0 Å². The van der Waals surface area contributed by atoms with E-state index in [1.54, 1.807) is 23.9 Å². The Kier molecular flexibility index (Phi) is 5.83. The summed E-state index contributed by atoms with van der Waals surface area (Å²) < 4.78 is 0. The molecule has 0 saturated carbocycles. The van der Waals surface area contributed by atoms with Crippen LogP contribution in [0.2, 0.25) is 10.0 Å². The largest absolute Gasteiger partial charge is 0.392 e. The minimum atomic E-state index is -0.339. The van der Waals surface area contributed by atoms with Gasteiger partial charge in [0.05, 0.1) is 6.10 Å². The number of thioether (sulfide) groups is 1. The minimum Gasteiger partial charge on any atom is -0.392 e. The standard InChI is InChI=1S/C11H14Cl2OS/c1-2-15-7-10(14)5-8-3-4-9(12)6-11(8)13/h3-4,6,10,14H,2,5,7H2,1H3. The molecule has 0 bridgehead atoms. The second-order valence-corrected chi connectivity index (χ2v) is 5.42. The maximum Gasteiger partial charge on any atom is 0.0671 e. The molecule has 15 heavy (non-hydrogen) atoms. The summed E-state index contributed by atoms with van der Waals surface area (Å²) in [6.45, 7) is 2.08. The summed E-state index contributed by atoms with van der Waals surface area (Å²) in [6, 6.07) is 5.37. The lowest BCUT2D eigenvalue weighted by molar-refractivity contribution is 0.200. The number of halogens is 2. The molecule has 0 fully saturated rings. The van der Waals surface area contributed by atoms with Gasteiger partial charge in [-0.1, -0.05) is 36.2 Å². The number of aliphatic hydroxyl groups excluding tert-OH is 1. The second-order valence-electron chi connectivity index (χ2n) is 3.25. The summed E-state index contributed by atoms with van der Waals surface area (Å²) in [6.07, 6.45) is 0.247. The van der Waals surface area contributed by atoms with E-state index in [9.17, 15) is 5.11 Å². The summed E-state index contributed by atoms with van der Waals surface area (Å²) in [5.41, 5.74) is 0.949. The first-order valence-electron chi connectivity index (χ1n) is 4.83. The average Bonchev–Trinajstić information content (AvgIpc) is 2.19. The van der Waals surface area contributed by atoms with Crippen LogP contribution in [0.5, 0.6) is 0 Å². The summed E-state index contributed by atoms with van der Waals surface area (Å²) in [4.78, 5) is 0. The van der Waals surface area contributed by atoms with E-state index >= 15 is 0 Å². The zero-order valence-electron chi connectivity index (χ0n) is 8.54. The number of hydrogen-bond acceptors (Lipinski definition) is 2. The monoisotopic (exact) mass is 264 g/mol. The Morgan fingerprint density at radius 1 is 1.40 bits per heavy atom. The third-order valence-electron chi connectivity index (χ3n) is 1.99. The molecule has 1 atom stereocenters. The highest BCUT2D eigenvalue weighted by molar-refractivity contribution is 7.99. The van der Waals surface area contributed by atoms with Gasteiger partial charge in [0.2, 0.25) is 0 Å². The fraction of sp³-hybridized carbons (Fsp3) is 0.455. The van der Waals surface area contributed by atoms with E-state index in [0.717, 1.165) is 17.1 Å². The highest BCUT2D eigenvalue weighted by Crippen LogP contribution is 2.22. The molecule has 0 radical (unpaired) electrons. The molecular formula is C11H14Cl2OS. The molecule has 4 heteroatoms. The lowest BCUT2D eigenvalue weighted by Crippen LogP contribution is -2.13. The maximum atomic E-state index is 9.72. The van der Waals surface area contributed by atoms with Crippen molar-refractivity contribution < 1.29 is 5.11 Å². The van der Waals surface area contributed by atoms with Gasteiger partial charge in [-0.15, -0.1) is 0 Å². The minimum absolute atomic E-state index is 0.339. The average molecular weight is 265 g/mol. The quantitative estimate of drug-likeness (QED) is 0.876. The fourth-order valence-corrected chi connectivity index (χ4v) is 2.37. The van der Waals surface area contributed by atoms with Gasteiger partial charge in [0.15, 0.2) is 0 Å². The third-order valence-corrected chi connectivity index (χ3v) is 3.60. The van der Waals surface area contributed by atoms with Crippen LogP contribution < -0.4 is 0 Å². The van der Waals surface area contributed by atoms with Crippen LogP contribution in [0.1, 0.15) is 12.5 Å². The molecule has 1 unspecified atom stereocenters. The van der Waals surface area contributed by atoms with Crippen LogP contribution in [-0.2, 0) is 6.42 Å². The topological polar surface area (TPSA) is 20.2 Å². The van der Waals surface area contributed by atoms with Crippen molar-refractivity contribution in [2.45, 2.75) is 19.4 Å². The predicted octanol–water partition coefficient (Wildman–Crippen LogP) is 3.65. The van der Waals surface area contributed by atoms with Crippen LogP contribution in [0.3, 0.4) is 0 Å². The summed E-state index contributed by atoms with van der Waals surface area (Å²) in [7, 11) is 0. The fourth-order valence-electron chi connectivity index (χ4n) is 1.25. The molecule has 84 valence electrons. The Balaban J connectivity index is 2.56. The van der Waals surface area contributed by atoms with Crippen LogP contribution in [-0.4, -0.2) is 22.7 Å². The van der Waals surface area contributed by atoms with Crippen molar-refractivity contribution in [2.75, 3.05) is 11.5 Å². The van der Waals surface area contributed by atoms with Gasteiger partial charge in [-0.25, -0.2) is 0 Å². The van der Waals surface area contributed by atoms with Gasteiger partial charge in [-0.3, -0.25) is 0 Å². The lowest BCUT2D eigenvalue weighted by Gasteiger charge is -2.11. The second kappa shape index (κ2) is 6.64. The lowest BCUT2D eigenvalue weighted by atomic mass is 10.1. The highest BCUT2D eigenvalue weighted by Gasteiger charge is 2.08. The van der Waals surface area contributed by atoms with Gasteiger partial charge >= 0.3 is 0 Å². The Morgan fingerprint density at radius 3 is 2.73 bits per heavy atom. The van der Waals surface area contributed by atoms with E-state index in [1.165, 1.54) is 0 Å². The van der Waals surface area contributed by atoms with Crippen molar-refractivity contribution in [3.05, 3.63) is 33.8 Å². The molecule has 0 heterocycles. The van der Waals surface area contributed by atoms with Crippen molar-refractivity contribution in [1.29, 1.82) is 0 Å². The smallest absolute Gasteiger partial charge is 0.0671 e. The van der Waals surface area contributed by atoms with Crippen LogP contribution in [0, 0.1) is 0 Å². The van der Waals surface area contributed by atoms with Crippen LogP contribution in [0.25, 0.3) is 0 Å². The first kappa shape index (κ1) is 13.2. The van der Waals surface area contributed by atoms with Crippen LogP contribution in [0.15, 0.2) is 18.2 Å². The van der Waals surface area contributed by atoms with Crippen LogP contribution in [0.4, 0.5) is 0 Å². The van der Waals surface area contributed by atoms with Gasteiger partial charge in [-0.2, -0.15) is 11.8 Å². The van der Waals surface area contributed by atoms with Crippen molar-refractivity contribution in [3.8, 4) is 0 Å². The summed E-state index contributed by atoms with van der Waals surface area (Å²) in [5, 5.41) is 11.0. The van der Waals surface area contributed by atoms with Crippen molar-refractivity contribution in [2.24, 2.45) is 0 Å². The van der Waals surface area contributed by atoms with Gasteiger partial charge < -0.3 is 5.11 Å². The molecule has 0 aliphatic carbocycles. The molecule has 1 nitrogen and oxygen atoms in total. The van der Waals surface area contributed by atoms with E-state index in [0.29, 0.717) is 16.5 Å². The van der Waals surface area contributed by atoms with E-state index in [-0.39, 0.29) is 6.10 Å². The number of benzene rings is 1. The van der Waals surface area contributed by atoms with E-state index in [1.807, 2.05) is 6.07 Å². The number of hydrogen-bond donors (Lipinski definition) is 1. The van der Waals surface area contributed by atoms with Gasteiger partial charge in [0.25, 0.3) is 0 Å². The first-order chi connectivity index (χ1) is 7.13. The molecule has 0 aromatic heterocycles. The predicted molar refractivity (Wildman–Crippen MR) is 69.2 cm³/mol. The summed E-state index contributed by atoms with van der Waals surface area (Å²) in [5.74, 6) is 1.76. The Bertz CT molecular complexity index is 317. The maximum absolute atomic E-state index is 9.72. The SMILES string of the molecule is CCSCC(O)Cc1ccc(Cl)cc1Cl. The zero-order valence-corrected chi connectivity index (χ0v) is 10.9. The molecule has 1 aromatic rings. The Morgan fingerprint density at radius 2 is 2.13 bits per heavy atom. The van der Waals surface area contributed by atoms with Crippen molar-refractivity contribution >= 4 is 35.0 Å². The Labute approximate surface area is 105 Å². The molecule has 0 saturated heterocycles. The zero-order chi connectivity index (χ0) is 11.3. The van der Waals surface area contributed by atoms with E-state index < -0.39 is 0 Å². The number of rotatable bonds is 5. The molecule has 0 aliphatic rings. The molecule has 0 aliphatic heterocycles. The van der Waals surface area contributed by atoms with Gasteiger partial charge in [0, 0.05) is 22.2 Å². The number of aliphatic hydroxyl groups is 1. The molecule has 1 aromatic carbocycles. The molecule has 0 spiro atoms. The molecule has 0 amide bonds. The molecule has 1 rings (SSSR count). The van der Waals surface area contributed by atoms with Crippen LogP contribution >= 0.6 is 35.0 Å². The van der Waals surface area contributed by atoms with Gasteiger partial charge in [-0.05, 0) is 23.4 Å². The van der Waals surface area contributed by atoms with E-state index in [4.69, 9.17) is 23.2 Å². The first-order valence-corrected chi connectivity index (χ1v) is 6.74. The molecule has 1 N–H and O–H groups in total. The normalized spacial score (nSPS) is 12.8. The van der Waals surface area contributed by atoms with Crippen molar-refractivity contribution in [1.82, 2.24) is 0 Å². The van der Waals surface area contributed by atoms with E-state index in [2.05, 4.69) is 6.92 Å². The summed E-state index contributed by atoms with van der Waals surface area (Å²) >= 11 is 13.5.